The van der Waals surface area contributed by atoms with Crippen LogP contribution in [0.4, 0.5) is 0 Å². The van der Waals surface area contributed by atoms with Crippen molar-refractivity contribution in [1.29, 1.82) is 0 Å². The predicted octanol–water partition coefficient (Wildman–Crippen LogP) is 3.27. The third-order valence-corrected chi connectivity index (χ3v) is 5.76. The molecule has 4 heteroatoms. The number of rotatable bonds is 5. The summed E-state index contributed by atoms with van der Waals surface area (Å²) >= 11 is 0. The monoisotopic (exact) mass is 349 g/mol. The van der Waals surface area contributed by atoms with Gasteiger partial charge in [-0.2, -0.15) is 0 Å². The van der Waals surface area contributed by atoms with E-state index in [1.54, 1.807) is 0 Å². The van der Waals surface area contributed by atoms with Crippen molar-refractivity contribution in [3.05, 3.63) is 65.5 Å². The van der Waals surface area contributed by atoms with E-state index in [4.69, 9.17) is 0 Å². The van der Waals surface area contributed by atoms with Crippen LogP contribution in [0.15, 0.2) is 48.7 Å². The maximum Gasteiger partial charge on any atom is 0.223 e. The number of aromatic nitrogens is 1. The fourth-order valence-corrected chi connectivity index (χ4v) is 4.10. The Morgan fingerprint density at radius 1 is 1.15 bits per heavy atom. The van der Waals surface area contributed by atoms with E-state index in [1.165, 1.54) is 11.1 Å². The predicted molar refractivity (Wildman–Crippen MR) is 103 cm³/mol. The van der Waals surface area contributed by atoms with Gasteiger partial charge in [0.15, 0.2) is 0 Å². The highest BCUT2D eigenvalue weighted by Crippen LogP contribution is 2.48. The maximum atomic E-state index is 12.6. The first-order valence-corrected chi connectivity index (χ1v) is 9.69. The van der Waals surface area contributed by atoms with Crippen molar-refractivity contribution in [1.82, 2.24) is 15.2 Å². The molecule has 0 spiro atoms. The highest BCUT2D eigenvalue weighted by atomic mass is 16.2. The van der Waals surface area contributed by atoms with Crippen molar-refractivity contribution in [3.8, 4) is 0 Å². The Kier molecular flexibility index (Phi) is 5.02. The van der Waals surface area contributed by atoms with Crippen LogP contribution in [0.5, 0.6) is 0 Å². The van der Waals surface area contributed by atoms with E-state index in [2.05, 4.69) is 52.5 Å². The molecule has 2 atom stereocenters. The second kappa shape index (κ2) is 7.58. The molecule has 1 N–H and O–H groups in total. The van der Waals surface area contributed by atoms with Crippen molar-refractivity contribution in [3.63, 3.8) is 0 Å². The highest BCUT2D eigenvalue weighted by Gasteiger charge is 2.44. The molecule has 1 saturated heterocycles. The minimum Gasteiger partial charge on any atom is -0.353 e. The first-order chi connectivity index (χ1) is 12.7. The zero-order valence-corrected chi connectivity index (χ0v) is 15.4. The van der Waals surface area contributed by atoms with Gasteiger partial charge in [0.25, 0.3) is 0 Å². The second-order valence-electron chi connectivity index (χ2n) is 7.69. The van der Waals surface area contributed by atoms with E-state index in [0.29, 0.717) is 12.0 Å². The van der Waals surface area contributed by atoms with E-state index in [-0.39, 0.29) is 11.8 Å². The normalized spacial score (nSPS) is 23.6. The van der Waals surface area contributed by atoms with Crippen LogP contribution in [0.1, 0.15) is 42.0 Å². The van der Waals surface area contributed by atoms with Crippen molar-refractivity contribution in [2.45, 2.75) is 44.7 Å². The van der Waals surface area contributed by atoms with E-state index < -0.39 is 0 Å². The Labute approximate surface area is 155 Å². The average molecular weight is 349 g/mol. The van der Waals surface area contributed by atoms with Crippen LogP contribution in [0.25, 0.3) is 0 Å². The van der Waals surface area contributed by atoms with Crippen molar-refractivity contribution in [2.24, 2.45) is 5.92 Å². The van der Waals surface area contributed by atoms with Gasteiger partial charge in [-0.3, -0.25) is 14.7 Å². The number of pyridine rings is 1. The van der Waals surface area contributed by atoms with Crippen LogP contribution < -0.4 is 5.32 Å². The van der Waals surface area contributed by atoms with Crippen LogP contribution in [0.2, 0.25) is 0 Å². The van der Waals surface area contributed by atoms with E-state index in [1.807, 2.05) is 18.3 Å². The van der Waals surface area contributed by atoms with E-state index >= 15 is 0 Å². The first kappa shape index (κ1) is 17.2. The summed E-state index contributed by atoms with van der Waals surface area (Å²) in [6, 6.07) is 14.8. The standard InChI is InChI=1S/C22H27N3O/c1-16-6-2-3-8-19(16)20-14-21(20)22(26)24-17-9-12-25(13-10-17)15-18-7-4-5-11-23-18/h2-8,11,17,20-21H,9-10,12-15H2,1H3,(H,24,26). The van der Waals surface area contributed by atoms with Gasteiger partial charge in [-0.1, -0.05) is 30.3 Å². The number of hydrogen-bond donors (Lipinski definition) is 1. The molecular formula is C22H27N3O. The molecule has 1 saturated carbocycles. The van der Waals surface area contributed by atoms with Crippen LogP contribution in [0.3, 0.4) is 0 Å². The third-order valence-electron chi connectivity index (χ3n) is 5.76. The number of piperidine rings is 1. The zero-order chi connectivity index (χ0) is 17.9. The molecule has 0 radical (unpaired) electrons. The van der Waals surface area contributed by atoms with Gasteiger partial charge in [0, 0.05) is 37.8 Å². The number of aryl methyl sites for hydroxylation is 1. The van der Waals surface area contributed by atoms with Crippen LogP contribution in [-0.4, -0.2) is 34.9 Å². The van der Waals surface area contributed by atoms with Crippen molar-refractivity contribution in [2.75, 3.05) is 13.1 Å². The topological polar surface area (TPSA) is 45.2 Å². The number of amides is 1. The summed E-state index contributed by atoms with van der Waals surface area (Å²) < 4.78 is 0. The lowest BCUT2D eigenvalue weighted by molar-refractivity contribution is -0.123. The van der Waals surface area contributed by atoms with Gasteiger partial charge < -0.3 is 5.32 Å². The van der Waals surface area contributed by atoms with Crippen LogP contribution >= 0.6 is 0 Å². The molecule has 2 unspecified atom stereocenters. The van der Waals surface area contributed by atoms with Gasteiger partial charge >= 0.3 is 0 Å². The van der Waals surface area contributed by atoms with Gasteiger partial charge in [-0.15, -0.1) is 0 Å². The summed E-state index contributed by atoms with van der Waals surface area (Å²) in [5.41, 5.74) is 3.77. The lowest BCUT2D eigenvalue weighted by Crippen LogP contribution is -2.45. The molecule has 1 amide bonds. The maximum absolute atomic E-state index is 12.6. The summed E-state index contributed by atoms with van der Waals surface area (Å²) in [7, 11) is 0. The van der Waals surface area contributed by atoms with Crippen LogP contribution in [-0.2, 0) is 11.3 Å². The van der Waals surface area contributed by atoms with Gasteiger partial charge in [0.2, 0.25) is 5.91 Å². The Morgan fingerprint density at radius 3 is 2.65 bits per heavy atom. The van der Waals surface area contributed by atoms with Crippen molar-refractivity contribution < 1.29 is 4.79 Å². The largest absolute Gasteiger partial charge is 0.353 e. The SMILES string of the molecule is Cc1ccccc1C1CC1C(=O)NC1CCN(Cc2ccccn2)CC1. The molecule has 2 aliphatic rings. The number of carbonyl (C=O) groups excluding carboxylic acids is 1. The fraction of sp³-hybridized carbons (Fsp3) is 0.455. The number of nitrogens with one attached hydrogen (secondary N) is 1. The third kappa shape index (κ3) is 3.96. The van der Waals surface area contributed by atoms with Gasteiger partial charge in [0.1, 0.15) is 0 Å². The van der Waals surface area contributed by atoms with E-state index in [0.717, 1.165) is 44.6 Å². The summed E-state index contributed by atoms with van der Waals surface area (Å²) in [6.07, 6.45) is 4.90. The molecule has 26 heavy (non-hydrogen) atoms. The summed E-state index contributed by atoms with van der Waals surface area (Å²) in [4.78, 5) is 19.4. The lowest BCUT2D eigenvalue weighted by Gasteiger charge is -2.32. The first-order valence-electron chi connectivity index (χ1n) is 9.69. The van der Waals surface area contributed by atoms with Gasteiger partial charge in [-0.05, 0) is 55.4 Å². The smallest absolute Gasteiger partial charge is 0.223 e. The van der Waals surface area contributed by atoms with Gasteiger partial charge in [-0.25, -0.2) is 0 Å². The number of carbonyl (C=O) groups is 1. The second-order valence-corrected chi connectivity index (χ2v) is 7.69. The summed E-state index contributed by atoms with van der Waals surface area (Å²) in [5, 5.41) is 3.30. The molecule has 0 bridgehead atoms. The number of likely N-dealkylation sites (tertiary alicyclic amines) is 1. The molecular weight excluding hydrogens is 322 g/mol. The molecule has 1 aliphatic carbocycles. The highest BCUT2D eigenvalue weighted by molar-refractivity contribution is 5.83. The van der Waals surface area contributed by atoms with Crippen molar-refractivity contribution >= 4 is 5.91 Å². The molecule has 1 aromatic heterocycles. The van der Waals surface area contributed by atoms with Gasteiger partial charge in [0.05, 0.1) is 5.69 Å². The number of nitrogens with zero attached hydrogens (tertiary/aromatic N) is 2. The Bertz CT molecular complexity index is 753. The minimum absolute atomic E-state index is 0.169. The molecule has 136 valence electrons. The molecule has 2 heterocycles. The van der Waals surface area contributed by atoms with Crippen LogP contribution in [0, 0.1) is 12.8 Å². The minimum atomic E-state index is 0.169. The Balaban J connectivity index is 1.24. The lowest BCUT2D eigenvalue weighted by atomic mass is 10.0. The van der Waals surface area contributed by atoms with E-state index in [9.17, 15) is 4.79 Å². The number of hydrogen-bond acceptors (Lipinski definition) is 3. The average Bonchev–Trinajstić information content (AvgIpc) is 3.45. The molecule has 2 aromatic rings. The molecule has 2 fully saturated rings. The Morgan fingerprint density at radius 2 is 1.92 bits per heavy atom. The quantitative estimate of drug-likeness (QED) is 0.901. The zero-order valence-electron chi connectivity index (χ0n) is 15.4. The fourth-order valence-electron chi connectivity index (χ4n) is 4.10. The molecule has 1 aliphatic heterocycles. The summed E-state index contributed by atoms with van der Waals surface area (Å²) in [5.74, 6) is 0.838. The summed E-state index contributed by atoms with van der Waals surface area (Å²) in [6.45, 7) is 5.08. The Hall–Kier alpha value is -2.20. The molecule has 4 rings (SSSR count). The molecule has 4 nitrogen and oxygen atoms in total. The molecule has 1 aromatic carbocycles. The number of benzene rings is 1.